The summed E-state index contributed by atoms with van der Waals surface area (Å²) in [6.45, 7) is 0. The van der Waals surface area contributed by atoms with E-state index in [1.165, 1.54) is 6.07 Å². The number of rotatable bonds is 2. The summed E-state index contributed by atoms with van der Waals surface area (Å²) in [4.78, 5) is 0. The summed E-state index contributed by atoms with van der Waals surface area (Å²) in [5, 5.41) is 9.37. The van der Waals surface area contributed by atoms with Crippen LogP contribution in [0.3, 0.4) is 0 Å². The molecule has 0 spiro atoms. The van der Waals surface area contributed by atoms with Gasteiger partial charge in [-0.05, 0) is 52.9 Å². The summed E-state index contributed by atoms with van der Waals surface area (Å²) in [6.07, 6.45) is -2.51. The fourth-order valence-electron chi connectivity index (χ4n) is 1.72. The van der Waals surface area contributed by atoms with E-state index in [2.05, 4.69) is 15.9 Å². The molecule has 2 nitrogen and oxygen atoms in total. The van der Waals surface area contributed by atoms with E-state index < -0.39 is 17.5 Å². The van der Waals surface area contributed by atoms with Gasteiger partial charge < -0.3 is 10.8 Å². The third kappa shape index (κ3) is 2.74. The molecule has 0 aliphatic heterocycles. The Labute approximate surface area is 105 Å². The van der Waals surface area contributed by atoms with Crippen molar-refractivity contribution >= 4 is 15.9 Å². The third-order valence-corrected chi connectivity index (χ3v) is 3.48. The highest BCUT2D eigenvalue weighted by Gasteiger charge is 2.40. The molecule has 1 fully saturated rings. The largest absolute Gasteiger partial charge is 0.506 e. The van der Waals surface area contributed by atoms with Crippen molar-refractivity contribution in [3.63, 3.8) is 0 Å². The van der Waals surface area contributed by atoms with Crippen molar-refractivity contribution in [3.8, 4) is 5.75 Å². The smallest absolute Gasteiger partial charge is 0.420 e. The number of phenols is 1. The second kappa shape index (κ2) is 3.88. The van der Waals surface area contributed by atoms with Gasteiger partial charge in [-0.25, -0.2) is 0 Å². The fraction of sp³-hybridized carbons (Fsp3) is 0.455. The number of nitrogens with two attached hydrogens (primary N) is 1. The van der Waals surface area contributed by atoms with Crippen molar-refractivity contribution in [2.24, 2.45) is 5.73 Å². The van der Waals surface area contributed by atoms with Crippen molar-refractivity contribution in [1.82, 2.24) is 0 Å². The Morgan fingerprint density at radius 1 is 1.35 bits per heavy atom. The molecule has 0 aromatic heterocycles. The minimum absolute atomic E-state index is 0.0478. The molecule has 1 aliphatic carbocycles. The monoisotopic (exact) mass is 309 g/mol. The zero-order valence-electron chi connectivity index (χ0n) is 8.81. The molecule has 0 bridgehead atoms. The van der Waals surface area contributed by atoms with Crippen LogP contribution in [-0.2, 0) is 12.6 Å². The third-order valence-electron chi connectivity index (χ3n) is 2.88. The van der Waals surface area contributed by atoms with E-state index in [4.69, 9.17) is 5.73 Å². The Bertz CT molecular complexity index is 455. The lowest BCUT2D eigenvalue weighted by Gasteiger charge is -2.14. The molecule has 1 aliphatic rings. The Hall–Kier alpha value is -0.750. The minimum Gasteiger partial charge on any atom is -0.506 e. The first-order chi connectivity index (χ1) is 7.71. The van der Waals surface area contributed by atoms with Crippen LogP contribution in [0.4, 0.5) is 13.2 Å². The molecule has 2 rings (SSSR count). The van der Waals surface area contributed by atoms with Crippen LogP contribution in [0, 0.1) is 0 Å². The van der Waals surface area contributed by atoms with Crippen LogP contribution in [0.2, 0.25) is 0 Å². The maximum absolute atomic E-state index is 12.6. The van der Waals surface area contributed by atoms with Crippen molar-refractivity contribution < 1.29 is 18.3 Å². The molecule has 0 radical (unpaired) electrons. The molecule has 6 heteroatoms. The van der Waals surface area contributed by atoms with E-state index in [0.717, 1.165) is 18.9 Å². The van der Waals surface area contributed by atoms with Crippen LogP contribution in [0.5, 0.6) is 5.75 Å². The van der Waals surface area contributed by atoms with Gasteiger partial charge in [-0.15, -0.1) is 0 Å². The van der Waals surface area contributed by atoms with Gasteiger partial charge in [-0.1, -0.05) is 0 Å². The predicted octanol–water partition coefficient (Wildman–Crippen LogP) is 3.21. The molecular formula is C11H11BrF3NO. The zero-order chi connectivity index (χ0) is 12.8. The van der Waals surface area contributed by atoms with E-state index in [-0.39, 0.29) is 10.0 Å². The average Bonchev–Trinajstić information content (AvgIpc) is 2.87. The standard InChI is InChI=1S/C11H11BrF3NO/c12-8-4-6(5-10(16)1-2-10)3-7(9(8)17)11(13,14)15/h3-4,17H,1-2,5,16H2. The summed E-state index contributed by atoms with van der Waals surface area (Å²) in [7, 11) is 0. The van der Waals surface area contributed by atoms with Crippen LogP contribution >= 0.6 is 15.9 Å². The summed E-state index contributed by atoms with van der Waals surface area (Å²) in [6, 6.07) is 2.45. The molecule has 1 aromatic rings. The van der Waals surface area contributed by atoms with Crippen LogP contribution in [0.25, 0.3) is 0 Å². The molecule has 0 saturated heterocycles. The molecule has 94 valence electrons. The van der Waals surface area contributed by atoms with Crippen molar-refractivity contribution in [2.75, 3.05) is 0 Å². The van der Waals surface area contributed by atoms with Crippen molar-refractivity contribution in [2.45, 2.75) is 31.0 Å². The number of hydrogen-bond donors (Lipinski definition) is 2. The molecule has 17 heavy (non-hydrogen) atoms. The molecule has 0 amide bonds. The molecule has 3 N–H and O–H groups in total. The number of halogens is 4. The summed E-state index contributed by atoms with van der Waals surface area (Å²) in [5.74, 6) is -0.775. The number of alkyl halides is 3. The molecular weight excluding hydrogens is 299 g/mol. The molecule has 0 unspecified atom stereocenters. The first kappa shape index (κ1) is 12.7. The van der Waals surface area contributed by atoms with Gasteiger partial charge >= 0.3 is 6.18 Å². The van der Waals surface area contributed by atoms with Gasteiger partial charge in [0, 0.05) is 5.54 Å². The van der Waals surface area contributed by atoms with Crippen LogP contribution < -0.4 is 5.73 Å². The second-order valence-electron chi connectivity index (χ2n) is 4.51. The first-order valence-electron chi connectivity index (χ1n) is 5.09. The molecule has 1 saturated carbocycles. The summed E-state index contributed by atoms with van der Waals surface area (Å²) < 4.78 is 38.0. The van der Waals surface area contributed by atoms with Crippen molar-refractivity contribution in [3.05, 3.63) is 27.7 Å². The van der Waals surface area contributed by atoms with Gasteiger partial charge in [-0.3, -0.25) is 0 Å². The number of aromatic hydroxyl groups is 1. The highest BCUT2D eigenvalue weighted by atomic mass is 79.9. The maximum Gasteiger partial charge on any atom is 0.420 e. The van der Waals surface area contributed by atoms with Gasteiger partial charge in [-0.2, -0.15) is 13.2 Å². The topological polar surface area (TPSA) is 46.2 Å². The highest BCUT2D eigenvalue weighted by molar-refractivity contribution is 9.10. The van der Waals surface area contributed by atoms with Crippen LogP contribution in [0.1, 0.15) is 24.0 Å². The lowest BCUT2D eigenvalue weighted by atomic mass is 10.0. The Kier molecular flexibility index (Phi) is 2.90. The molecule has 1 aromatic carbocycles. The van der Waals surface area contributed by atoms with Crippen LogP contribution in [0.15, 0.2) is 16.6 Å². The first-order valence-corrected chi connectivity index (χ1v) is 5.88. The number of benzene rings is 1. The summed E-state index contributed by atoms with van der Waals surface area (Å²) >= 11 is 2.93. The van der Waals surface area contributed by atoms with Gasteiger partial charge in [0.05, 0.1) is 10.0 Å². The Morgan fingerprint density at radius 3 is 2.41 bits per heavy atom. The fourth-order valence-corrected chi connectivity index (χ4v) is 2.22. The van der Waals surface area contributed by atoms with E-state index >= 15 is 0 Å². The Morgan fingerprint density at radius 2 is 1.94 bits per heavy atom. The lowest BCUT2D eigenvalue weighted by Crippen LogP contribution is -2.24. The summed E-state index contributed by atoms with van der Waals surface area (Å²) in [5.41, 5.74) is 4.97. The second-order valence-corrected chi connectivity index (χ2v) is 5.37. The molecule has 0 atom stereocenters. The van der Waals surface area contributed by atoms with Crippen molar-refractivity contribution in [1.29, 1.82) is 0 Å². The quantitative estimate of drug-likeness (QED) is 0.881. The van der Waals surface area contributed by atoms with Gasteiger partial charge in [0.1, 0.15) is 5.75 Å². The zero-order valence-corrected chi connectivity index (χ0v) is 10.4. The highest BCUT2D eigenvalue weighted by Crippen LogP contribution is 2.42. The normalized spacial score (nSPS) is 18.2. The van der Waals surface area contributed by atoms with Crippen LogP contribution in [-0.4, -0.2) is 10.6 Å². The number of phenolic OH excluding ortho intramolecular Hbond substituents is 1. The number of hydrogen-bond acceptors (Lipinski definition) is 2. The van der Waals surface area contributed by atoms with Gasteiger partial charge in [0.15, 0.2) is 0 Å². The molecule has 0 heterocycles. The maximum atomic E-state index is 12.6. The van der Waals surface area contributed by atoms with E-state index in [9.17, 15) is 18.3 Å². The van der Waals surface area contributed by atoms with E-state index in [0.29, 0.717) is 12.0 Å². The minimum atomic E-state index is -4.56. The van der Waals surface area contributed by atoms with Gasteiger partial charge in [0.2, 0.25) is 0 Å². The van der Waals surface area contributed by atoms with Gasteiger partial charge in [0.25, 0.3) is 0 Å². The lowest BCUT2D eigenvalue weighted by molar-refractivity contribution is -0.138. The predicted molar refractivity (Wildman–Crippen MR) is 60.7 cm³/mol. The Balaban J connectivity index is 2.39. The SMILES string of the molecule is NC1(Cc2cc(Br)c(O)c(C(F)(F)F)c2)CC1. The average molecular weight is 310 g/mol. The van der Waals surface area contributed by atoms with E-state index in [1.807, 2.05) is 0 Å². The van der Waals surface area contributed by atoms with E-state index in [1.54, 1.807) is 0 Å².